The number of hydrogen-bond donors (Lipinski definition) is 2. The highest BCUT2D eigenvalue weighted by Gasteiger charge is 2.23. The van der Waals surface area contributed by atoms with Crippen LogP contribution >= 0.6 is 0 Å². The van der Waals surface area contributed by atoms with Crippen LogP contribution in [0.15, 0.2) is 42.6 Å². The summed E-state index contributed by atoms with van der Waals surface area (Å²) in [6, 6.07) is 9.66. The number of benzene rings is 2. The van der Waals surface area contributed by atoms with Crippen LogP contribution in [0.1, 0.15) is 51.7 Å². The molecule has 3 heterocycles. The Labute approximate surface area is 231 Å². The minimum atomic E-state index is -0.760. The van der Waals surface area contributed by atoms with Gasteiger partial charge in [-0.3, -0.25) is 19.1 Å². The Balaban J connectivity index is 1.33. The number of hydrogen-bond acceptors (Lipinski definition) is 8. The molecule has 210 valence electrons. The summed E-state index contributed by atoms with van der Waals surface area (Å²) in [6.45, 7) is 5.49. The maximum atomic E-state index is 13.5. The number of aromatic nitrogens is 3. The molecule has 2 aromatic carbocycles. The van der Waals surface area contributed by atoms with Crippen molar-refractivity contribution in [2.24, 2.45) is 0 Å². The van der Waals surface area contributed by atoms with Crippen LogP contribution in [-0.4, -0.2) is 70.1 Å². The first-order chi connectivity index (χ1) is 19.4. The zero-order valence-electron chi connectivity index (χ0n) is 22.5. The summed E-state index contributed by atoms with van der Waals surface area (Å²) >= 11 is 0. The SMILES string of the molecule is Cc1ccc2c(c1)OCCCn1cc(nn1)CN(C(=O)c1ccc3c(c1)OCO3)CCCNC(=O)[C@@H](C)NC2=O. The summed E-state index contributed by atoms with van der Waals surface area (Å²) in [5.41, 5.74) is 2.42. The molecule has 40 heavy (non-hydrogen) atoms. The second kappa shape index (κ2) is 12.1. The second-order valence-electron chi connectivity index (χ2n) is 9.81. The molecule has 2 aliphatic heterocycles. The van der Waals surface area contributed by atoms with Gasteiger partial charge in [0.25, 0.3) is 11.8 Å². The Morgan fingerprint density at radius 3 is 2.73 bits per heavy atom. The van der Waals surface area contributed by atoms with Gasteiger partial charge in [-0.15, -0.1) is 5.10 Å². The number of carbonyl (C=O) groups excluding carboxylic acids is 3. The quantitative estimate of drug-likeness (QED) is 0.472. The third-order valence-electron chi connectivity index (χ3n) is 6.66. The zero-order valence-corrected chi connectivity index (χ0v) is 22.5. The van der Waals surface area contributed by atoms with Gasteiger partial charge >= 0.3 is 0 Å². The van der Waals surface area contributed by atoms with Crippen LogP contribution < -0.4 is 24.8 Å². The smallest absolute Gasteiger partial charge is 0.255 e. The largest absolute Gasteiger partial charge is 0.493 e. The molecule has 2 bridgehead atoms. The van der Waals surface area contributed by atoms with Crippen molar-refractivity contribution in [3.8, 4) is 17.2 Å². The van der Waals surface area contributed by atoms with Crippen LogP contribution in [0.4, 0.5) is 0 Å². The first kappa shape index (κ1) is 27.0. The highest BCUT2D eigenvalue weighted by molar-refractivity contribution is 5.99. The molecule has 1 atom stereocenters. The van der Waals surface area contributed by atoms with E-state index >= 15 is 0 Å². The van der Waals surface area contributed by atoms with Gasteiger partial charge < -0.3 is 29.7 Å². The first-order valence-corrected chi connectivity index (χ1v) is 13.3. The third kappa shape index (κ3) is 6.33. The van der Waals surface area contributed by atoms with Gasteiger partial charge in [-0.2, -0.15) is 0 Å². The minimum absolute atomic E-state index is 0.120. The van der Waals surface area contributed by atoms with Gasteiger partial charge in [-0.1, -0.05) is 11.3 Å². The van der Waals surface area contributed by atoms with Crippen molar-refractivity contribution in [1.29, 1.82) is 0 Å². The lowest BCUT2D eigenvalue weighted by atomic mass is 10.1. The molecule has 0 aliphatic carbocycles. The lowest BCUT2D eigenvalue weighted by Gasteiger charge is -2.22. The van der Waals surface area contributed by atoms with Gasteiger partial charge in [-0.05, 0) is 56.2 Å². The van der Waals surface area contributed by atoms with Crippen LogP contribution in [0.5, 0.6) is 17.2 Å². The molecule has 0 saturated heterocycles. The number of carbonyl (C=O) groups is 3. The number of fused-ring (bicyclic) bond motifs is 4. The highest BCUT2D eigenvalue weighted by Crippen LogP contribution is 2.33. The predicted octanol–water partition coefficient (Wildman–Crippen LogP) is 2.06. The van der Waals surface area contributed by atoms with E-state index in [0.29, 0.717) is 73.2 Å². The van der Waals surface area contributed by atoms with E-state index < -0.39 is 11.9 Å². The molecule has 3 aromatic rings. The van der Waals surface area contributed by atoms with Gasteiger partial charge in [0.05, 0.1) is 24.9 Å². The van der Waals surface area contributed by atoms with Crippen molar-refractivity contribution >= 4 is 17.7 Å². The molecule has 12 heteroatoms. The summed E-state index contributed by atoms with van der Waals surface area (Å²) in [4.78, 5) is 40.8. The fourth-order valence-electron chi connectivity index (χ4n) is 4.50. The minimum Gasteiger partial charge on any atom is -0.493 e. The molecule has 5 rings (SSSR count). The van der Waals surface area contributed by atoms with Crippen molar-refractivity contribution in [3.63, 3.8) is 0 Å². The molecule has 0 radical (unpaired) electrons. The monoisotopic (exact) mass is 548 g/mol. The van der Waals surface area contributed by atoms with Crippen LogP contribution in [-0.2, 0) is 17.9 Å². The lowest BCUT2D eigenvalue weighted by Crippen LogP contribution is -2.45. The summed E-state index contributed by atoms with van der Waals surface area (Å²) in [5, 5.41) is 14.1. The average molecular weight is 549 g/mol. The van der Waals surface area contributed by atoms with Crippen LogP contribution in [0.3, 0.4) is 0 Å². The molecule has 2 aliphatic rings. The number of amides is 3. The van der Waals surface area contributed by atoms with E-state index in [1.807, 2.05) is 25.3 Å². The highest BCUT2D eigenvalue weighted by atomic mass is 16.7. The summed E-state index contributed by atoms with van der Waals surface area (Å²) in [7, 11) is 0. The maximum absolute atomic E-state index is 13.5. The molecular formula is C28H32N6O6. The summed E-state index contributed by atoms with van der Waals surface area (Å²) in [5.74, 6) is 0.666. The summed E-state index contributed by atoms with van der Waals surface area (Å²) < 4.78 is 18.5. The van der Waals surface area contributed by atoms with Crippen LogP contribution in [0, 0.1) is 6.92 Å². The van der Waals surface area contributed by atoms with Crippen LogP contribution in [0.2, 0.25) is 0 Å². The second-order valence-corrected chi connectivity index (χ2v) is 9.81. The van der Waals surface area contributed by atoms with Gasteiger partial charge in [0.15, 0.2) is 11.5 Å². The molecule has 12 nitrogen and oxygen atoms in total. The standard InChI is InChI=1S/C28H32N6O6/c1-18-5-7-22-24(13-18)38-12-4-11-34-16-21(31-32-34)15-33(10-3-9-29-26(35)19(2)30-27(22)36)28(37)20-6-8-23-25(14-20)40-17-39-23/h5-8,13-14,16,19H,3-4,9-12,15,17H2,1-2H3,(H,29,35)(H,30,36)/t19-/m1/s1. The Morgan fingerprint density at radius 1 is 1.00 bits per heavy atom. The first-order valence-electron chi connectivity index (χ1n) is 13.3. The van der Waals surface area contributed by atoms with Crippen LogP contribution in [0.25, 0.3) is 0 Å². The topological polar surface area (TPSA) is 137 Å². The number of aryl methyl sites for hydroxylation is 2. The zero-order chi connectivity index (χ0) is 28.1. The Hall–Kier alpha value is -4.61. The molecule has 0 saturated carbocycles. The Kier molecular flexibility index (Phi) is 8.13. The van der Waals surface area contributed by atoms with E-state index in [-0.39, 0.29) is 25.2 Å². The van der Waals surface area contributed by atoms with E-state index in [9.17, 15) is 14.4 Å². The number of nitrogens with zero attached hydrogens (tertiary/aromatic N) is 4. The van der Waals surface area contributed by atoms with E-state index in [1.165, 1.54) is 0 Å². The number of rotatable bonds is 1. The third-order valence-corrected chi connectivity index (χ3v) is 6.66. The fourth-order valence-corrected chi connectivity index (χ4v) is 4.50. The average Bonchev–Trinajstić information content (AvgIpc) is 3.60. The molecule has 1 aromatic heterocycles. The Morgan fingerprint density at radius 2 is 1.85 bits per heavy atom. The summed E-state index contributed by atoms with van der Waals surface area (Å²) in [6.07, 6.45) is 2.92. The molecule has 0 unspecified atom stereocenters. The van der Waals surface area contributed by atoms with E-state index in [1.54, 1.807) is 40.8 Å². The molecule has 2 N–H and O–H groups in total. The molecule has 3 amide bonds. The van der Waals surface area contributed by atoms with Gasteiger partial charge in [0, 0.05) is 31.6 Å². The predicted molar refractivity (Wildman–Crippen MR) is 143 cm³/mol. The van der Waals surface area contributed by atoms with E-state index in [2.05, 4.69) is 20.9 Å². The number of nitrogens with one attached hydrogen (secondary N) is 2. The molecular weight excluding hydrogens is 516 g/mol. The normalized spacial score (nSPS) is 18.4. The van der Waals surface area contributed by atoms with Crippen molar-refractivity contribution in [2.45, 2.75) is 45.8 Å². The number of ether oxygens (including phenoxy) is 3. The van der Waals surface area contributed by atoms with E-state index in [0.717, 1.165) is 5.56 Å². The van der Waals surface area contributed by atoms with E-state index in [4.69, 9.17) is 14.2 Å². The molecule has 0 spiro atoms. The van der Waals surface area contributed by atoms with Crippen molar-refractivity contribution in [2.75, 3.05) is 26.5 Å². The molecule has 0 fully saturated rings. The fraction of sp³-hybridized carbons (Fsp3) is 0.393. The van der Waals surface area contributed by atoms with Gasteiger partial charge in [0.2, 0.25) is 12.7 Å². The van der Waals surface area contributed by atoms with Crippen molar-refractivity contribution in [1.82, 2.24) is 30.5 Å². The van der Waals surface area contributed by atoms with Crippen molar-refractivity contribution in [3.05, 3.63) is 65.0 Å². The van der Waals surface area contributed by atoms with Crippen molar-refractivity contribution < 1.29 is 28.6 Å². The maximum Gasteiger partial charge on any atom is 0.255 e. The Bertz CT molecular complexity index is 1410. The van der Waals surface area contributed by atoms with Gasteiger partial charge in [0.1, 0.15) is 17.5 Å². The lowest BCUT2D eigenvalue weighted by molar-refractivity contribution is -0.122. The van der Waals surface area contributed by atoms with Gasteiger partial charge in [-0.25, -0.2) is 0 Å².